The lowest BCUT2D eigenvalue weighted by Crippen LogP contribution is -1.54. The summed E-state index contributed by atoms with van der Waals surface area (Å²) in [7, 11) is 0. The standard InChI is InChI=1S/C6H10.C2H6.C2H4/c1-4-5-6(2)3;2*1-2/h4-5H,2H2,1,3H3;1-2H3;1-2H2/b5-4-;;. The molecule has 0 aromatic heterocycles. The van der Waals surface area contributed by atoms with E-state index in [0.29, 0.717) is 0 Å². The van der Waals surface area contributed by atoms with Gasteiger partial charge in [0.15, 0.2) is 0 Å². The van der Waals surface area contributed by atoms with Crippen molar-refractivity contribution in [3.63, 3.8) is 0 Å². The van der Waals surface area contributed by atoms with Crippen LogP contribution in [0, 0.1) is 0 Å². The molecule has 0 amide bonds. The molecule has 0 nitrogen and oxygen atoms in total. The van der Waals surface area contributed by atoms with E-state index in [1.165, 1.54) is 0 Å². The molecule has 0 saturated carbocycles. The topological polar surface area (TPSA) is 0 Å². The van der Waals surface area contributed by atoms with Crippen LogP contribution in [0.4, 0.5) is 0 Å². The largest absolute Gasteiger partial charge is 0.106 e. The first kappa shape index (κ1) is 16.1. The maximum absolute atomic E-state index is 3.66. The maximum Gasteiger partial charge on any atom is -0.0404 e. The van der Waals surface area contributed by atoms with Crippen LogP contribution in [0.15, 0.2) is 37.5 Å². The van der Waals surface area contributed by atoms with E-state index in [1.54, 1.807) is 0 Å². The lowest BCUT2D eigenvalue weighted by atomic mass is 10.3. The molecule has 0 heteroatoms. The molecule has 10 heavy (non-hydrogen) atoms. The second-order valence-electron chi connectivity index (χ2n) is 1.35. The fourth-order valence-corrected chi connectivity index (χ4v) is 0.285. The van der Waals surface area contributed by atoms with Crippen LogP contribution in [0.1, 0.15) is 27.7 Å². The van der Waals surface area contributed by atoms with Crippen LogP contribution < -0.4 is 0 Å². The fourth-order valence-electron chi connectivity index (χ4n) is 0.285. The van der Waals surface area contributed by atoms with Crippen LogP contribution in [0.25, 0.3) is 0 Å². The molecule has 0 fully saturated rings. The van der Waals surface area contributed by atoms with Crippen molar-refractivity contribution in [3.8, 4) is 0 Å². The molecule has 0 saturated heterocycles. The average molecular weight is 140 g/mol. The van der Waals surface area contributed by atoms with Crippen molar-refractivity contribution in [2.75, 3.05) is 0 Å². The van der Waals surface area contributed by atoms with Gasteiger partial charge in [-0.2, -0.15) is 0 Å². The Kier molecular flexibility index (Phi) is 38.7. The number of rotatable bonds is 1. The zero-order valence-electron chi connectivity index (χ0n) is 7.78. The van der Waals surface area contributed by atoms with Crippen LogP contribution in [-0.4, -0.2) is 0 Å². The van der Waals surface area contributed by atoms with E-state index in [9.17, 15) is 0 Å². The summed E-state index contributed by atoms with van der Waals surface area (Å²) in [6.07, 6.45) is 3.95. The van der Waals surface area contributed by atoms with E-state index in [0.717, 1.165) is 5.57 Å². The van der Waals surface area contributed by atoms with Gasteiger partial charge in [0.2, 0.25) is 0 Å². The molecule has 0 atom stereocenters. The van der Waals surface area contributed by atoms with Crippen molar-refractivity contribution < 1.29 is 0 Å². The summed E-state index contributed by atoms with van der Waals surface area (Å²) in [4.78, 5) is 0. The van der Waals surface area contributed by atoms with Gasteiger partial charge in [0, 0.05) is 0 Å². The summed E-state index contributed by atoms with van der Waals surface area (Å²) in [5.74, 6) is 0. The van der Waals surface area contributed by atoms with Gasteiger partial charge in [-0.15, -0.1) is 13.2 Å². The number of hydrogen-bond acceptors (Lipinski definition) is 0. The van der Waals surface area contributed by atoms with Crippen molar-refractivity contribution in [2.45, 2.75) is 27.7 Å². The molecule has 0 N–H and O–H groups in total. The first-order chi connectivity index (χ1) is 4.77. The monoisotopic (exact) mass is 140 g/mol. The van der Waals surface area contributed by atoms with E-state index in [1.807, 2.05) is 39.8 Å². The molecule has 0 rings (SSSR count). The van der Waals surface area contributed by atoms with Gasteiger partial charge in [-0.3, -0.25) is 0 Å². The Balaban J connectivity index is -0.000000105. The molecule has 0 heterocycles. The van der Waals surface area contributed by atoms with Gasteiger partial charge in [0.05, 0.1) is 0 Å². The molecule has 60 valence electrons. The van der Waals surface area contributed by atoms with Crippen molar-refractivity contribution in [2.24, 2.45) is 0 Å². The third kappa shape index (κ3) is 56.7. The second-order valence-corrected chi connectivity index (χ2v) is 1.35. The van der Waals surface area contributed by atoms with E-state index >= 15 is 0 Å². The maximum atomic E-state index is 3.66. The summed E-state index contributed by atoms with van der Waals surface area (Å²) in [6, 6.07) is 0. The second kappa shape index (κ2) is 24.1. The minimum atomic E-state index is 1.11. The van der Waals surface area contributed by atoms with Gasteiger partial charge in [0.25, 0.3) is 0 Å². The molecule has 0 unspecified atom stereocenters. The van der Waals surface area contributed by atoms with E-state index in [2.05, 4.69) is 19.7 Å². The summed E-state index contributed by atoms with van der Waals surface area (Å²) in [5, 5.41) is 0. The predicted molar refractivity (Wildman–Crippen MR) is 52.2 cm³/mol. The minimum Gasteiger partial charge on any atom is -0.106 e. The molecule has 0 radical (unpaired) electrons. The van der Waals surface area contributed by atoms with Gasteiger partial charge in [-0.05, 0) is 13.8 Å². The van der Waals surface area contributed by atoms with Crippen LogP contribution >= 0.6 is 0 Å². The number of allylic oxidation sites excluding steroid dienone is 3. The van der Waals surface area contributed by atoms with E-state index in [-0.39, 0.29) is 0 Å². The lowest BCUT2D eigenvalue weighted by molar-refractivity contribution is 1.50. The molecular weight excluding hydrogens is 120 g/mol. The highest BCUT2D eigenvalue weighted by Crippen LogP contribution is 1.85. The van der Waals surface area contributed by atoms with Crippen LogP contribution in [0.3, 0.4) is 0 Å². The Labute approximate surface area is 66.0 Å². The van der Waals surface area contributed by atoms with Crippen LogP contribution in [0.5, 0.6) is 0 Å². The molecule has 0 bridgehead atoms. The normalized spacial score (nSPS) is 6.80. The van der Waals surface area contributed by atoms with Crippen molar-refractivity contribution in [3.05, 3.63) is 37.5 Å². The zero-order valence-corrected chi connectivity index (χ0v) is 7.78. The Bertz CT molecular complexity index is 78.0. The minimum absolute atomic E-state index is 1.11. The van der Waals surface area contributed by atoms with Gasteiger partial charge in [-0.1, -0.05) is 38.2 Å². The van der Waals surface area contributed by atoms with Crippen molar-refractivity contribution in [1.82, 2.24) is 0 Å². The lowest BCUT2D eigenvalue weighted by Gasteiger charge is -1.75. The van der Waals surface area contributed by atoms with Crippen molar-refractivity contribution >= 4 is 0 Å². The first-order valence-electron chi connectivity index (χ1n) is 3.55. The zero-order chi connectivity index (χ0) is 8.99. The molecule has 0 spiro atoms. The average Bonchev–Trinajstić information content (AvgIpc) is 1.96. The third-order valence-corrected chi connectivity index (χ3v) is 0.451. The van der Waals surface area contributed by atoms with Crippen LogP contribution in [0.2, 0.25) is 0 Å². The number of hydrogen-bond donors (Lipinski definition) is 0. The Morgan fingerprint density at radius 1 is 1.20 bits per heavy atom. The smallest absolute Gasteiger partial charge is 0.0404 e. The molecule has 0 aromatic carbocycles. The molecule has 0 aliphatic rings. The summed E-state index contributed by atoms with van der Waals surface area (Å²) in [5.41, 5.74) is 1.11. The Hall–Kier alpha value is -0.780. The summed E-state index contributed by atoms with van der Waals surface area (Å²) in [6.45, 7) is 17.6. The summed E-state index contributed by atoms with van der Waals surface area (Å²) < 4.78 is 0. The van der Waals surface area contributed by atoms with E-state index in [4.69, 9.17) is 0 Å². The van der Waals surface area contributed by atoms with Gasteiger partial charge >= 0.3 is 0 Å². The quantitative estimate of drug-likeness (QED) is 0.382. The molecular formula is C10H20. The highest BCUT2D eigenvalue weighted by molar-refractivity contribution is 5.09. The SMILES string of the molecule is C=C.C=C(C)/C=C\C.CC. The molecule has 0 aliphatic carbocycles. The van der Waals surface area contributed by atoms with E-state index < -0.39 is 0 Å². The third-order valence-electron chi connectivity index (χ3n) is 0.451. The molecule has 0 aliphatic heterocycles. The highest BCUT2D eigenvalue weighted by atomic mass is 13.7. The predicted octanol–water partition coefficient (Wildman–Crippen LogP) is 3.97. The first-order valence-corrected chi connectivity index (χ1v) is 3.55. The summed E-state index contributed by atoms with van der Waals surface area (Å²) >= 11 is 0. The fraction of sp³-hybridized carbons (Fsp3) is 0.400. The van der Waals surface area contributed by atoms with Gasteiger partial charge < -0.3 is 0 Å². The molecule has 0 aromatic rings. The van der Waals surface area contributed by atoms with Crippen LogP contribution in [-0.2, 0) is 0 Å². The van der Waals surface area contributed by atoms with Crippen molar-refractivity contribution in [1.29, 1.82) is 0 Å². The highest BCUT2D eigenvalue weighted by Gasteiger charge is 1.63. The Morgan fingerprint density at radius 2 is 1.50 bits per heavy atom. The van der Waals surface area contributed by atoms with Gasteiger partial charge in [0.1, 0.15) is 0 Å². The Morgan fingerprint density at radius 3 is 1.50 bits per heavy atom. The van der Waals surface area contributed by atoms with Gasteiger partial charge in [-0.25, -0.2) is 0 Å².